The third kappa shape index (κ3) is 2.56. The summed E-state index contributed by atoms with van der Waals surface area (Å²) in [6.45, 7) is 0. The van der Waals surface area contributed by atoms with Gasteiger partial charge in [-0.1, -0.05) is 96.5 Å². The van der Waals surface area contributed by atoms with Crippen molar-refractivity contribution in [3.05, 3.63) is 114 Å². The van der Waals surface area contributed by atoms with E-state index in [1.165, 1.54) is 38.2 Å². The monoisotopic (exact) mass is 403 g/mol. The molecule has 5 aromatic carbocycles. The van der Waals surface area contributed by atoms with Gasteiger partial charge in [-0.2, -0.15) is 0 Å². The molecule has 0 unspecified atom stereocenters. The smallest absolute Gasteiger partial charge is 0.0556 e. The number of fused-ring (bicyclic) bond motifs is 4. The standard InChI is InChI=1S/C28H18ClN/c29-21-15-16-24-23-12-6-7-13-25(23)30(27(24)18-21)26-17-14-19-8-4-5-11-22(19)28(26)20-9-2-1-3-10-20/h1-18H. The maximum Gasteiger partial charge on any atom is 0.0556 e. The van der Waals surface area contributed by atoms with E-state index in [2.05, 4.69) is 108 Å². The van der Waals surface area contributed by atoms with Crippen molar-refractivity contribution < 1.29 is 0 Å². The van der Waals surface area contributed by atoms with Crippen molar-refractivity contribution in [1.29, 1.82) is 0 Å². The molecule has 2 heteroatoms. The van der Waals surface area contributed by atoms with Gasteiger partial charge >= 0.3 is 0 Å². The van der Waals surface area contributed by atoms with Gasteiger partial charge in [0.1, 0.15) is 0 Å². The highest BCUT2D eigenvalue weighted by molar-refractivity contribution is 6.31. The number of rotatable bonds is 2. The van der Waals surface area contributed by atoms with Crippen molar-refractivity contribution in [3.8, 4) is 16.8 Å². The molecule has 0 spiro atoms. The predicted molar refractivity (Wildman–Crippen MR) is 129 cm³/mol. The van der Waals surface area contributed by atoms with Gasteiger partial charge in [-0.15, -0.1) is 0 Å². The summed E-state index contributed by atoms with van der Waals surface area (Å²) in [6.07, 6.45) is 0. The van der Waals surface area contributed by atoms with E-state index in [4.69, 9.17) is 11.6 Å². The molecule has 30 heavy (non-hydrogen) atoms. The predicted octanol–water partition coefficient (Wildman–Crippen LogP) is 8.26. The van der Waals surface area contributed by atoms with Gasteiger partial charge in [0, 0.05) is 21.4 Å². The Kier molecular flexibility index (Phi) is 3.90. The van der Waals surface area contributed by atoms with Gasteiger partial charge in [0.2, 0.25) is 0 Å². The van der Waals surface area contributed by atoms with E-state index in [1.807, 2.05) is 6.07 Å². The van der Waals surface area contributed by atoms with Crippen molar-refractivity contribution in [2.24, 2.45) is 0 Å². The highest BCUT2D eigenvalue weighted by atomic mass is 35.5. The quantitative estimate of drug-likeness (QED) is 0.274. The number of benzene rings is 5. The molecule has 0 amide bonds. The molecule has 0 bridgehead atoms. The number of para-hydroxylation sites is 1. The van der Waals surface area contributed by atoms with Gasteiger partial charge in [0.05, 0.1) is 16.7 Å². The van der Waals surface area contributed by atoms with Crippen LogP contribution in [0.15, 0.2) is 109 Å². The van der Waals surface area contributed by atoms with Crippen molar-refractivity contribution in [2.45, 2.75) is 0 Å². The van der Waals surface area contributed by atoms with E-state index in [9.17, 15) is 0 Å². The lowest BCUT2D eigenvalue weighted by atomic mass is 9.96. The minimum absolute atomic E-state index is 0.744. The lowest BCUT2D eigenvalue weighted by Gasteiger charge is -2.17. The molecule has 0 saturated carbocycles. The maximum absolute atomic E-state index is 6.44. The van der Waals surface area contributed by atoms with Crippen molar-refractivity contribution in [1.82, 2.24) is 4.57 Å². The number of hydrogen-bond acceptors (Lipinski definition) is 0. The van der Waals surface area contributed by atoms with Gasteiger partial charge in [-0.3, -0.25) is 0 Å². The zero-order valence-corrected chi connectivity index (χ0v) is 17.0. The second-order valence-electron chi connectivity index (χ2n) is 7.56. The summed E-state index contributed by atoms with van der Waals surface area (Å²) in [5.74, 6) is 0. The molecule has 0 saturated heterocycles. The van der Waals surface area contributed by atoms with Gasteiger partial charge < -0.3 is 4.57 Å². The number of aromatic nitrogens is 1. The molecule has 6 rings (SSSR count). The summed E-state index contributed by atoms with van der Waals surface area (Å²) >= 11 is 6.44. The first-order chi connectivity index (χ1) is 14.8. The molecular weight excluding hydrogens is 386 g/mol. The molecule has 0 fully saturated rings. The third-order valence-electron chi connectivity index (χ3n) is 5.85. The van der Waals surface area contributed by atoms with Crippen LogP contribution < -0.4 is 0 Å². The summed E-state index contributed by atoms with van der Waals surface area (Å²) < 4.78 is 2.35. The summed E-state index contributed by atoms with van der Waals surface area (Å²) in [5.41, 5.74) is 5.90. The van der Waals surface area contributed by atoms with Crippen molar-refractivity contribution in [3.63, 3.8) is 0 Å². The molecule has 0 radical (unpaired) electrons. The van der Waals surface area contributed by atoms with Crippen LogP contribution >= 0.6 is 11.6 Å². The second kappa shape index (κ2) is 6.76. The van der Waals surface area contributed by atoms with E-state index in [0.717, 1.165) is 16.2 Å². The van der Waals surface area contributed by atoms with Crippen LogP contribution in [0.4, 0.5) is 0 Å². The minimum atomic E-state index is 0.744. The van der Waals surface area contributed by atoms with Crippen LogP contribution in [0.5, 0.6) is 0 Å². The van der Waals surface area contributed by atoms with Crippen LogP contribution in [0.3, 0.4) is 0 Å². The highest BCUT2D eigenvalue weighted by Crippen LogP contribution is 2.40. The highest BCUT2D eigenvalue weighted by Gasteiger charge is 2.17. The number of hydrogen-bond donors (Lipinski definition) is 0. The molecule has 0 aliphatic rings. The SMILES string of the molecule is Clc1ccc2c3ccccc3n(-c3ccc4ccccc4c3-c3ccccc3)c2c1. The van der Waals surface area contributed by atoms with E-state index < -0.39 is 0 Å². The molecule has 142 valence electrons. The molecule has 6 aromatic rings. The molecular formula is C28H18ClN. The van der Waals surface area contributed by atoms with E-state index in [1.54, 1.807) is 0 Å². The molecule has 1 heterocycles. The summed E-state index contributed by atoms with van der Waals surface area (Å²) in [4.78, 5) is 0. The zero-order chi connectivity index (χ0) is 20.1. The summed E-state index contributed by atoms with van der Waals surface area (Å²) in [6, 6.07) is 38.4. The molecule has 0 aliphatic carbocycles. The van der Waals surface area contributed by atoms with Crippen LogP contribution in [-0.4, -0.2) is 4.57 Å². The summed E-state index contributed by atoms with van der Waals surface area (Å²) in [7, 11) is 0. The second-order valence-corrected chi connectivity index (χ2v) is 8.00. The Bertz CT molecular complexity index is 1540. The number of nitrogens with zero attached hydrogens (tertiary/aromatic N) is 1. The maximum atomic E-state index is 6.44. The lowest BCUT2D eigenvalue weighted by molar-refractivity contribution is 1.19. The van der Waals surface area contributed by atoms with E-state index in [-0.39, 0.29) is 0 Å². The Hall–Kier alpha value is -3.55. The summed E-state index contributed by atoms with van der Waals surface area (Å²) in [5, 5.41) is 5.67. The van der Waals surface area contributed by atoms with Gasteiger partial charge in [-0.25, -0.2) is 0 Å². The Labute approximate surface area is 179 Å². The average Bonchev–Trinajstić information content (AvgIpc) is 3.12. The van der Waals surface area contributed by atoms with Crippen LogP contribution in [0.25, 0.3) is 49.4 Å². The fourth-order valence-corrected chi connectivity index (χ4v) is 4.72. The normalized spacial score (nSPS) is 11.5. The first-order valence-corrected chi connectivity index (χ1v) is 10.5. The molecule has 0 N–H and O–H groups in total. The molecule has 0 aliphatic heterocycles. The van der Waals surface area contributed by atoms with Gasteiger partial charge in [-0.05, 0) is 40.6 Å². The lowest BCUT2D eigenvalue weighted by Crippen LogP contribution is -1.98. The van der Waals surface area contributed by atoms with Crippen molar-refractivity contribution >= 4 is 44.2 Å². The molecule has 0 atom stereocenters. The Balaban J connectivity index is 1.83. The van der Waals surface area contributed by atoms with Crippen LogP contribution in [0, 0.1) is 0 Å². The van der Waals surface area contributed by atoms with E-state index in [0.29, 0.717) is 0 Å². The zero-order valence-electron chi connectivity index (χ0n) is 16.2. The van der Waals surface area contributed by atoms with Crippen LogP contribution in [-0.2, 0) is 0 Å². The Morgan fingerprint density at radius 1 is 0.533 bits per heavy atom. The van der Waals surface area contributed by atoms with Crippen LogP contribution in [0.1, 0.15) is 0 Å². The Morgan fingerprint density at radius 2 is 1.23 bits per heavy atom. The van der Waals surface area contributed by atoms with Crippen LogP contribution in [0.2, 0.25) is 5.02 Å². The van der Waals surface area contributed by atoms with E-state index >= 15 is 0 Å². The first kappa shape index (κ1) is 17.3. The molecule has 1 aromatic heterocycles. The Morgan fingerprint density at radius 3 is 2.10 bits per heavy atom. The minimum Gasteiger partial charge on any atom is -0.309 e. The fraction of sp³-hybridized carbons (Fsp3) is 0. The van der Waals surface area contributed by atoms with Gasteiger partial charge in [0.25, 0.3) is 0 Å². The number of halogens is 1. The third-order valence-corrected chi connectivity index (χ3v) is 6.08. The average molecular weight is 404 g/mol. The largest absolute Gasteiger partial charge is 0.309 e. The fourth-order valence-electron chi connectivity index (χ4n) is 4.56. The topological polar surface area (TPSA) is 4.93 Å². The van der Waals surface area contributed by atoms with Gasteiger partial charge in [0.15, 0.2) is 0 Å². The first-order valence-electron chi connectivity index (χ1n) is 10.1. The van der Waals surface area contributed by atoms with Crippen molar-refractivity contribution in [2.75, 3.05) is 0 Å². The molecule has 1 nitrogen and oxygen atoms in total.